The highest BCUT2D eigenvalue weighted by atomic mass is 16.2. The van der Waals surface area contributed by atoms with Crippen LogP contribution < -0.4 is 5.32 Å². The SMILES string of the molecule is Cc1ccn(C(=O)c2cccc(NC(C)C)n2)n1. The van der Waals surface area contributed by atoms with Crippen molar-refractivity contribution >= 4 is 11.7 Å². The molecule has 0 bridgehead atoms. The Bertz CT molecular complexity index is 560. The van der Waals surface area contributed by atoms with Crippen LogP contribution in [-0.2, 0) is 0 Å². The quantitative estimate of drug-likeness (QED) is 0.898. The average Bonchev–Trinajstić information content (AvgIpc) is 2.74. The molecule has 0 saturated heterocycles. The first-order valence-corrected chi connectivity index (χ1v) is 5.87. The third-order valence-corrected chi connectivity index (χ3v) is 2.34. The van der Waals surface area contributed by atoms with E-state index in [0.29, 0.717) is 11.5 Å². The van der Waals surface area contributed by atoms with Crippen molar-refractivity contribution in [3.8, 4) is 0 Å². The van der Waals surface area contributed by atoms with Crippen LogP contribution in [-0.4, -0.2) is 26.7 Å². The third-order valence-electron chi connectivity index (χ3n) is 2.34. The number of nitrogens with one attached hydrogen (secondary N) is 1. The van der Waals surface area contributed by atoms with Gasteiger partial charge in [0, 0.05) is 12.2 Å². The van der Waals surface area contributed by atoms with Crippen molar-refractivity contribution in [3.63, 3.8) is 0 Å². The molecule has 5 nitrogen and oxygen atoms in total. The summed E-state index contributed by atoms with van der Waals surface area (Å²) in [5.41, 5.74) is 1.18. The lowest BCUT2D eigenvalue weighted by Gasteiger charge is -2.09. The van der Waals surface area contributed by atoms with E-state index in [1.54, 1.807) is 24.4 Å². The molecule has 1 N–H and O–H groups in total. The van der Waals surface area contributed by atoms with Crippen LogP contribution in [0.4, 0.5) is 5.82 Å². The minimum atomic E-state index is -0.226. The van der Waals surface area contributed by atoms with Gasteiger partial charge < -0.3 is 5.32 Å². The van der Waals surface area contributed by atoms with Gasteiger partial charge in [-0.05, 0) is 39.0 Å². The number of aryl methyl sites for hydroxylation is 1. The first kappa shape index (κ1) is 12.3. The molecule has 0 aliphatic carbocycles. The Hall–Kier alpha value is -2.17. The summed E-state index contributed by atoms with van der Waals surface area (Å²) in [4.78, 5) is 16.4. The van der Waals surface area contributed by atoms with Crippen LogP contribution >= 0.6 is 0 Å². The smallest absolute Gasteiger partial charge is 0.296 e. The van der Waals surface area contributed by atoms with Gasteiger partial charge in [-0.1, -0.05) is 6.07 Å². The minimum absolute atomic E-state index is 0.226. The highest BCUT2D eigenvalue weighted by molar-refractivity contribution is 5.93. The molecule has 0 radical (unpaired) electrons. The number of anilines is 1. The number of carbonyl (C=O) groups excluding carboxylic acids is 1. The van der Waals surface area contributed by atoms with Crippen LogP contribution in [0.1, 0.15) is 30.0 Å². The number of nitrogens with zero attached hydrogens (tertiary/aromatic N) is 3. The van der Waals surface area contributed by atoms with E-state index in [1.165, 1.54) is 4.68 Å². The second kappa shape index (κ2) is 5.00. The average molecular weight is 244 g/mol. The van der Waals surface area contributed by atoms with Gasteiger partial charge in [-0.3, -0.25) is 4.79 Å². The van der Waals surface area contributed by atoms with Gasteiger partial charge in [0.25, 0.3) is 5.91 Å². The van der Waals surface area contributed by atoms with Crippen molar-refractivity contribution in [2.24, 2.45) is 0 Å². The Labute approximate surface area is 106 Å². The maximum Gasteiger partial charge on any atom is 0.296 e. The van der Waals surface area contributed by atoms with E-state index in [0.717, 1.165) is 5.69 Å². The minimum Gasteiger partial charge on any atom is -0.368 e. The fourth-order valence-electron chi connectivity index (χ4n) is 1.58. The summed E-state index contributed by atoms with van der Waals surface area (Å²) in [7, 11) is 0. The van der Waals surface area contributed by atoms with Gasteiger partial charge in [-0.15, -0.1) is 0 Å². The van der Waals surface area contributed by atoms with E-state index in [2.05, 4.69) is 15.4 Å². The molecule has 0 atom stereocenters. The third kappa shape index (κ3) is 2.74. The lowest BCUT2D eigenvalue weighted by molar-refractivity contribution is 0.0940. The van der Waals surface area contributed by atoms with Crippen molar-refractivity contribution < 1.29 is 4.79 Å². The Morgan fingerprint density at radius 3 is 2.72 bits per heavy atom. The number of rotatable bonds is 3. The molecule has 2 aromatic heterocycles. The Morgan fingerprint density at radius 1 is 1.33 bits per heavy atom. The van der Waals surface area contributed by atoms with Gasteiger partial charge in [0.2, 0.25) is 0 Å². The van der Waals surface area contributed by atoms with Gasteiger partial charge in [0.1, 0.15) is 11.5 Å². The molecule has 0 saturated carbocycles. The van der Waals surface area contributed by atoms with Crippen molar-refractivity contribution in [2.45, 2.75) is 26.8 Å². The van der Waals surface area contributed by atoms with E-state index in [4.69, 9.17) is 0 Å². The largest absolute Gasteiger partial charge is 0.368 e. The first-order valence-electron chi connectivity index (χ1n) is 5.87. The Morgan fingerprint density at radius 2 is 2.11 bits per heavy atom. The maximum atomic E-state index is 12.1. The van der Waals surface area contributed by atoms with Crippen LogP contribution in [0, 0.1) is 6.92 Å². The topological polar surface area (TPSA) is 59.8 Å². The number of hydrogen-bond donors (Lipinski definition) is 1. The molecule has 0 aromatic carbocycles. The molecular formula is C13H16N4O. The summed E-state index contributed by atoms with van der Waals surface area (Å²) in [5.74, 6) is 0.468. The van der Waals surface area contributed by atoms with Crippen LogP contribution in [0.3, 0.4) is 0 Å². The van der Waals surface area contributed by atoms with Crippen molar-refractivity contribution in [1.29, 1.82) is 0 Å². The molecule has 2 rings (SSSR count). The Kier molecular flexibility index (Phi) is 3.41. The second-order valence-electron chi connectivity index (χ2n) is 4.41. The summed E-state index contributed by atoms with van der Waals surface area (Å²) in [6.07, 6.45) is 1.64. The van der Waals surface area contributed by atoms with Crippen molar-refractivity contribution in [3.05, 3.63) is 41.9 Å². The van der Waals surface area contributed by atoms with Crippen LogP contribution in [0.15, 0.2) is 30.5 Å². The number of carbonyl (C=O) groups is 1. The van der Waals surface area contributed by atoms with Gasteiger partial charge in [0.15, 0.2) is 0 Å². The summed E-state index contributed by atoms with van der Waals surface area (Å²) >= 11 is 0. The second-order valence-corrected chi connectivity index (χ2v) is 4.41. The predicted octanol–water partition coefficient (Wildman–Crippen LogP) is 2.10. The summed E-state index contributed by atoms with van der Waals surface area (Å²) in [5, 5.41) is 7.25. The van der Waals surface area contributed by atoms with E-state index >= 15 is 0 Å². The highest BCUT2D eigenvalue weighted by Crippen LogP contribution is 2.08. The Balaban J connectivity index is 2.25. The molecule has 0 spiro atoms. The van der Waals surface area contributed by atoms with Gasteiger partial charge in [-0.25, -0.2) is 9.67 Å². The molecule has 2 aromatic rings. The fourth-order valence-corrected chi connectivity index (χ4v) is 1.58. The van der Waals surface area contributed by atoms with Crippen molar-refractivity contribution in [1.82, 2.24) is 14.8 Å². The zero-order valence-electron chi connectivity index (χ0n) is 10.7. The first-order chi connectivity index (χ1) is 8.56. The van der Waals surface area contributed by atoms with E-state index in [1.807, 2.05) is 26.8 Å². The molecule has 0 fully saturated rings. The predicted molar refractivity (Wildman–Crippen MR) is 69.7 cm³/mol. The lowest BCUT2D eigenvalue weighted by atomic mass is 10.3. The molecule has 0 aliphatic rings. The molecule has 5 heteroatoms. The maximum absolute atomic E-state index is 12.1. The lowest BCUT2D eigenvalue weighted by Crippen LogP contribution is -2.17. The van der Waals surface area contributed by atoms with E-state index < -0.39 is 0 Å². The van der Waals surface area contributed by atoms with Crippen molar-refractivity contribution in [2.75, 3.05) is 5.32 Å². The summed E-state index contributed by atoms with van der Waals surface area (Å²) in [6.45, 7) is 5.88. The van der Waals surface area contributed by atoms with Gasteiger partial charge in [-0.2, -0.15) is 5.10 Å². The number of aromatic nitrogens is 3. The fraction of sp³-hybridized carbons (Fsp3) is 0.308. The van der Waals surface area contributed by atoms with Crippen LogP contribution in [0.25, 0.3) is 0 Å². The summed E-state index contributed by atoms with van der Waals surface area (Å²) in [6, 6.07) is 7.39. The zero-order valence-corrected chi connectivity index (χ0v) is 10.7. The molecule has 0 amide bonds. The van der Waals surface area contributed by atoms with E-state index in [-0.39, 0.29) is 11.9 Å². The van der Waals surface area contributed by atoms with Gasteiger partial charge in [0.05, 0.1) is 5.69 Å². The summed E-state index contributed by atoms with van der Waals surface area (Å²) < 4.78 is 1.30. The zero-order chi connectivity index (χ0) is 13.1. The number of pyridine rings is 1. The highest BCUT2D eigenvalue weighted by Gasteiger charge is 2.11. The van der Waals surface area contributed by atoms with E-state index in [9.17, 15) is 4.79 Å². The normalized spacial score (nSPS) is 10.7. The van der Waals surface area contributed by atoms with Crippen LogP contribution in [0.5, 0.6) is 0 Å². The number of hydrogen-bond acceptors (Lipinski definition) is 4. The molecule has 18 heavy (non-hydrogen) atoms. The van der Waals surface area contributed by atoms with Crippen LogP contribution in [0.2, 0.25) is 0 Å². The standard InChI is InChI=1S/C13H16N4O/c1-9(2)14-12-6-4-5-11(15-12)13(18)17-8-7-10(3)16-17/h4-9H,1-3H3,(H,14,15). The molecule has 0 aliphatic heterocycles. The molecule has 94 valence electrons. The molecule has 2 heterocycles. The van der Waals surface area contributed by atoms with Gasteiger partial charge >= 0.3 is 0 Å². The monoisotopic (exact) mass is 244 g/mol. The molecular weight excluding hydrogens is 228 g/mol. The molecule has 0 unspecified atom stereocenters.